The molecule has 0 aliphatic carbocycles. The molecule has 3 heteroatoms. The van der Waals surface area contributed by atoms with Crippen LogP contribution in [0.5, 0.6) is 0 Å². The van der Waals surface area contributed by atoms with E-state index in [2.05, 4.69) is 5.32 Å². The molecule has 84 valence electrons. The topological polar surface area (TPSA) is 41.5 Å². The van der Waals surface area contributed by atoms with E-state index in [9.17, 15) is 5.11 Å². The van der Waals surface area contributed by atoms with Gasteiger partial charge in [0.2, 0.25) is 0 Å². The maximum Gasteiger partial charge on any atom is 0.0713 e. The van der Waals surface area contributed by atoms with E-state index in [0.29, 0.717) is 6.61 Å². The molecule has 0 fully saturated rings. The molecule has 0 saturated carbocycles. The van der Waals surface area contributed by atoms with Crippen LogP contribution in [0.2, 0.25) is 0 Å². The second kappa shape index (κ2) is 6.56. The summed E-state index contributed by atoms with van der Waals surface area (Å²) in [5.41, 5.74) is 2.26. The van der Waals surface area contributed by atoms with Crippen molar-refractivity contribution in [1.82, 2.24) is 5.32 Å². The summed E-state index contributed by atoms with van der Waals surface area (Å²) in [6, 6.07) is 8.14. The number of nitrogens with one attached hydrogen (secondary N) is 1. The fourth-order valence-corrected chi connectivity index (χ4v) is 1.55. The normalized spacial score (nSPS) is 12.7. The van der Waals surface area contributed by atoms with E-state index in [0.717, 1.165) is 17.7 Å². The highest BCUT2D eigenvalue weighted by Crippen LogP contribution is 2.13. The van der Waals surface area contributed by atoms with Crippen LogP contribution in [0.25, 0.3) is 0 Å². The molecule has 0 bridgehead atoms. The summed E-state index contributed by atoms with van der Waals surface area (Å²) in [4.78, 5) is 0. The minimum atomic E-state index is 0.0339. The Balaban J connectivity index is 2.68. The zero-order chi connectivity index (χ0) is 11.1. The lowest BCUT2D eigenvalue weighted by atomic mass is 10.1. The van der Waals surface area contributed by atoms with Gasteiger partial charge in [0.15, 0.2) is 0 Å². The lowest BCUT2D eigenvalue weighted by molar-refractivity contribution is 0.185. The first-order valence-electron chi connectivity index (χ1n) is 5.23. The van der Waals surface area contributed by atoms with Gasteiger partial charge in [-0.05, 0) is 17.7 Å². The van der Waals surface area contributed by atoms with Crippen LogP contribution in [0.1, 0.15) is 24.1 Å². The number of hydrogen-bond donors (Lipinski definition) is 2. The number of ether oxygens (including phenoxy) is 1. The number of aliphatic hydroxyl groups excluding tert-OH is 1. The minimum Gasteiger partial charge on any atom is -0.394 e. The summed E-state index contributed by atoms with van der Waals surface area (Å²) in [7, 11) is 1.68. The Labute approximate surface area is 91.1 Å². The third-order valence-corrected chi connectivity index (χ3v) is 2.33. The molecule has 0 aromatic heterocycles. The van der Waals surface area contributed by atoms with E-state index in [1.165, 1.54) is 0 Å². The second-order valence-electron chi connectivity index (χ2n) is 3.47. The highest BCUT2D eigenvalue weighted by atomic mass is 16.5. The zero-order valence-corrected chi connectivity index (χ0v) is 9.36. The second-order valence-corrected chi connectivity index (χ2v) is 3.47. The summed E-state index contributed by atoms with van der Waals surface area (Å²) in [6.07, 6.45) is 0. The molecule has 1 atom stereocenters. The van der Waals surface area contributed by atoms with Gasteiger partial charge < -0.3 is 15.2 Å². The molecule has 15 heavy (non-hydrogen) atoms. The van der Waals surface area contributed by atoms with E-state index < -0.39 is 0 Å². The number of hydrogen-bond acceptors (Lipinski definition) is 3. The molecular formula is C12H19NO2. The van der Waals surface area contributed by atoms with Crippen molar-refractivity contribution in [3.8, 4) is 0 Å². The first-order valence-corrected chi connectivity index (χ1v) is 5.23. The molecule has 1 rings (SSSR count). The third-order valence-electron chi connectivity index (χ3n) is 2.33. The van der Waals surface area contributed by atoms with Crippen LogP contribution in [-0.4, -0.2) is 25.4 Å². The Morgan fingerprint density at radius 1 is 1.33 bits per heavy atom. The number of methoxy groups -OCH3 is 1. The monoisotopic (exact) mass is 209 g/mol. The molecule has 0 amide bonds. The highest BCUT2D eigenvalue weighted by molar-refractivity contribution is 5.24. The quantitative estimate of drug-likeness (QED) is 0.745. The van der Waals surface area contributed by atoms with E-state index in [1.54, 1.807) is 7.11 Å². The number of benzene rings is 1. The number of aliphatic hydroxyl groups is 1. The van der Waals surface area contributed by atoms with E-state index in [-0.39, 0.29) is 12.6 Å². The van der Waals surface area contributed by atoms with Crippen LogP contribution in [0.4, 0.5) is 0 Å². The van der Waals surface area contributed by atoms with Crippen molar-refractivity contribution in [2.75, 3.05) is 20.3 Å². The van der Waals surface area contributed by atoms with Gasteiger partial charge in [0.25, 0.3) is 0 Å². The van der Waals surface area contributed by atoms with Gasteiger partial charge in [-0.1, -0.05) is 31.2 Å². The standard InChI is InChI=1S/C12H19NO2/c1-3-13-12(8-14)11-6-4-10(5-7-11)9-15-2/h4-7,12-14H,3,8-9H2,1-2H3. The summed E-state index contributed by atoms with van der Waals surface area (Å²) in [5, 5.41) is 12.4. The van der Waals surface area contributed by atoms with Crippen molar-refractivity contribution in [3.63, 3.8) is 0 Å². The predicted molar refractivity (Wildman–Crippen MR) is 60.7 cm³/mol. The van der Waals surface area contributed by atoms with Gasteiger partial charge in [-0.2, -0.15) is 0 Å². The number of likely N-dealkylation sites (N-methyl/N-ethyl adjacent to an activating group) is 1. The van der Waals surface area contributed by atoms with Crippen LogP contribution in [0, 0.1) is 0 Å². The first kappa shape index (κ1) is 12.2. The van der Waals surface area contributed by atoms with Crippen LogP contribution < -0.4 is 5.32 Å². The molecule has 0 aliphatic rings. The Kier molecular flexibility index (Phi) is 5.32. The van der Waals surface area contributed by atoms with Crippen molar-refractivity contribution >= 4 is 0 Å². The number of rotatable bonds is 6. The molecule has 0 heterocycles. The smallest absolute Gasteiger partial charge is 0.0713 e. The lowest BCUT2D eigenvalue weighted by Gasteiger charge is -2.15. The van der Waals surface area contributed by atoms with Crippen LogP contribution in [-0.2, 0) is 11.3 Å². The van der Waals surface area contributed by atoms with Crippen LogP contribution >= 0.6 is 0 Å². The molecule has 2 N–H and O–H groups in total. The largest absolute Gasteiger partial charge is 0.394 e. The summed E-state index contributed by atoms with van der Waals surface area (Å²) in [6.45, 7) is 3.63. The van der Waals surface area contributed by atoms with Crippen LogP contribution in [0.3, 0.4) is 0 Å². The van der Waals surface area contributed by atoms with Crippen molar-refractivity contribution in [3.05, 3.63) is 35.4 Å². The Morgan fingerprint density at radius 2 is 2.00 bits per heavy atom. The first-order chi connectivity index (χ1) is 7.31. The maximum absolute atomic E-state index is 9.20. The van der Waals surface area contributed by atoms with E-state index in [1.807, 2.05) is 31.2 Å². The summed E-state index contributed by atoms with van der Waals surface area (Å²) in [5.74, 6) is 0. The maximum atomic E-state index is 9.20. The van der Waals surface area contributed by atoms with Gasteiger partial charge in [0.05, 0.1) is 19.3 Å². The zero-order valence-electron chi connectivity index (χ0n) is 9.36. The fraction of sp³-hybridized carbons (Fsp3) is 0.500. The minimum absolute atomic E-state index is 0.0339. The Morgan fingerprint density at radius 3 is 2.47 bits per heavy atom. The predicted octanol–water partition coefficient (Wildman–Crippen LogP) is 1.48. The average Bonchev–Trinajstić information content (AvgIpc) is 2.28. The van der Waals surface area contributed by atoms with Gasteiger partial charge >= 0.3 is 0 Å². The van der Waals surface area contributed by atoms with Crippen molar-refractivity contribution < 1.29 is 9.84 Å². The van der Waals surface area contributed by atoms with Gasteiger partial charge in [0.1, 0.15) is 0 Å². The van der Waals surface area contributed by atoms with Crippen molar-refractivity contribution in [1.29, 1.82) is 0 Å². The lowest BCUT2D eigenvalue weighted by Crippen LogP contribution is -2.23. The molecule has 1 unspecified atom stereocenters. The molecule has 0 saturated heterocycles. The van der Waals surface area contributed by atoms with Crippen LogP contribution in [0.15, 0.2) is 24.3 Å². The van der Waals surface area contributed by atoms with Gasteiger partial charge in [-0.15, -0.1) is 0 Å². The van der Waals surface area contributed by atoms with E-state index in [4.69, 9.17) is 4.74 Å². The Bertz CT molecular complexity index is 271. The van der Waals surface area contributed by atoms with E-state index >= 15 is 0 Å². The van der Waals surface area contributed by atoms with Crippen molar-refractivity contribution in [2.24, 2.45) is 0 Å². The van der Waals surface area contributed by atoms with Crippen molar-refractivity contribution in [2.45, 2.75) is 19.6 Å². The highest BCUT2D eigenvalue weighted by Gasteiger charge is 2.07. The molecule has 3 nitrogen and oxygen atoms in total. The molecule has 0 radical (unpaired) electrons. The van der Waals surface area contributed by atoms with Gasteiger partial charge in [-0.25, -0.2) is 0 Å². The Hall–Kier alpha value is -0.900. The summed E-state index contributed by atoms with van der Waals surface area (Å²) < 4.78 is 5.04. The fourth-order valence-electron chi connectivity index (χ4n) is 1.55. The van der Waals surface area contributed by atoms with Gasteiger partial charge in [0, 0.05) is 7.11 Å². The molecule has 1 aromatic carbocycles. The molecule has 0 aliphatic heterocycles. The molecule has 0 spiro atoms. The molecule has 1 aromatic rings. The van der Waals surface area contributed by atoms with Gasteiger partial charge in [-0.3, -0.25) is 0 Å². The average molecular weight is 209 g/mol. The molecular weight excluding hydrogens is 190 g/mol. The summed E-state index contributed by atoms with van der Waals surface area (Å²) >= 11 is 0. The SMILES string of the molecule is CCNC(CO)c1ccc(COC)cc1. The third kappa shape index (κ3) is 3.63.